The second kappa shape index (κ2) is 5.06. The Kier molecular flexibility index (Phi) is 3.71. The molecular weight excluding hydrogens is 227 g/mol. The van der Waals surface area contributed by atoms with Gasteiger partial charge < -0.3 is 9.84 Å². The van der Waals surface area contributed by atoms with E-state index in [-0.39, 0.29) is 11.9 Å². The van der Waals surface area contributed by atoms with Crippen molar-refractivity contribution in [1.82, 2.24) is 0 Å². The Bertz CT molecular complexity index is 370. The van der Waals surface area contributed by atoms with Gasteiger partial charge in [0.2, 0.25) is 0 Å². The zero-order valence-electron chi connectivity index (χ0n) is 9.15. The molecule has 2 rings (SSSR count). The van der Waals surface area contributed by atoms with E-state index in [0.717, 1.165) is 12.2 Å². The minimum Gasteiger partial charge on any atom is -0.490 e. The van der Waals surface area contributed by atoms with Crippen LogP contribution >= 0.6 is 11.8 Å². The average molecular weight is 242 g/mol. The second-order valence-electron chi connectivity index (χ2n) is 3.95. The first kappa shape index (κ1) is 11.7. The lowest BCUT2D eigenvalue weighted by atomic mass is 9.98. The Hall–Kier alpha value is -0.740. The van der Waals surface area contributed by atoms with Crippen LogP contribution in [0.2, 0.25) is 0 Å². The van der Waals surface area contributed by atoms with Crippen molar-refractivity contribution in [1.29, 1.82) is 0 Å². The van der Waals surface area contributed by atoms with Gasteiger partial charge in [-0.1, -0.05) is 0 Å². The molecule has 1 aromatic carbocycles. The van der Waals surface area contributed by atoms with Crippen LogP contribution in [-0.4, -0.2) is 23.2 Å². The summed E-state index contributed by atoms with van der Waals surface area (Å²) in [4.78, 5) is 0. The van der Waals surface area contributed by atoms with E-state index in [1.807, 2.05) is 6.26 Å². The van der Waals surface area contributed by atoms with Crippen molar-refractivity contribution < 1.29 is 14.2 Å². The summed E-state index contributed by atoms with van der Waals surface area (Å²) in [7, 11) is 0. The molecular formula is C12H15FO2S. The summed E-state index contributed by atoms with van der Waals surface area (Å²) < 4.78 is 18.7. The molecule has 0 aromatic heterocycles. The Morgan fingerprint density at radius 1 is 1.56 bits per heavy atom. The molecule has 0 saturated heterocycles. The van der Waals surface area contributed by atoms with Gasteiger partial charge in [-0.3, -0.25) is 0 Å². The van der Waals surface area contributed by atoms with E-state index in [1.165, 1.54) is 12.1 Å². The maximum absolute atomic E-state index is 13.0. The fourth-order valence-corrected chi connectivity index (χ4v) is 2.42. The van der Waals surface area contributed by atoms with Crippen molar-refractivity contribution in [2.45, 2.75) is 25.0 Å². The van der Waals surface area contributed by atoms with E-state index >= 15 is 0 Å². The Morgan fingerprint density at radius 2 is 2.38 bits per heavy atom. The maximum atomic E-state index is 13.0. The van der Waals surface area contributed by atoms with Crippen LogP contribution in [0, 0.1) is 5.82 Å². The first-order valence-corrected chi connectivity index (χ1v) is 6.73. The number of benzene rings is 1. The minimum atomic E-state index is -0.605. The fraction of sp³-hybridized carbons (Fsp3) is 0.500. The molecule has 88 valence electrons. The molecule has 2 nitrogen and oxygen atoms in total. The van der Waals surface area contributed by atoms with Crippen molar-refractivity contribution in [3.63, 3.8) is 0 Å². The molecule has 0 spiro atoms. The molecule has 2 atom stereocenters. The molecule has 1 heterocycles. The van der Waals surface area contributed by atoms with Gasteiger partial charge in [0.05, 0.1) is 6.10 Å². The lowest BCUT2D eigenvalue weighted by Gasteiger charge is -2.29. The highest BCUT2D eigenvalue weighted by Gasteiger charge is 2.26. The van der Waals surface area contributed by atoms with Gasteiger partial charge in [-0.25, -0.2) is 4.39 Å². The summed E-state index contributed by atoms with van der Waals surface area (Å²) >= 11 is 1.76. The van der Waals surface area contributed by atoms with E-state index < -0.39 is 6.10 Å². The highest BCUT2D eigenvalue weighted by molar-refractivity contribution is 7.98. The van der Waals surface area contributed by atoms with Crippen LogP contribution in [0.25, 0.3) is 0 Å². The molecule has 0 radical (unpaired) electrons. The molecule has 1 unspecified atom stereocenters. The normalized spacial score (nSPS) is 23.7. The van der Waals surface area contributed by atoms with E-state index in [1.54, 1.807) is 17.8 Å². The molecule has 1 aromatic rings. The first-order chi connectivity index (χ1) is 7.70. The van der Waals surface area contributed by atoms with E-state index in [0.29, 0.717) is 17.7 Å². The zero-order valence-corrected chi connectivity index (χ0v) is 9.97. The Labute approximate surface area is 98.8 Å². The predicted octanol–water partition coefficient (Wildman–Crippen LogP) is 2.76. The van der Waals surface area contributed by atoms with Crippen molar-refractivity contribution in [3.8, 4) is 5.75 Å². The lowest BCUT2D eigenvalue weighted by molar-refractivity contribution is 0.0644. The van der Waals surface area contributed by atoms with Gasteiger partial charge in [-0.2, -0.15) is 11.8 Å². The number of hydrogen-bond donors (Lipinski definition) is 1. The summed E-state index contributed by atoms with van der Waals surface area (Å²) in [6.07, 6.45) is 2.95. The summed E-state index contributed by atoms with van der Waals surface area (Å²) in [5.41, 5.74) is 0.570. The van der Waals surface area contributed by atoms with Gasteiger partial charge in [0.1, 0.15) is 17.7 Å². The number of halogens is 1. The number of aliphatic hydroxyl groups is 1. The summed E-state index contributed by atoms with van der Waals surface area (Å²) in [6.45, 7) is 0. The summed E-state index contributed by atoms with van der Waals surface area (Å²) in [5, 5.41) is 9.90. The molecule has 0 bridgehead atoms. The smallest absolute Gasteiger partial charge is 0.125 e. The quantitative estimate of drug-likeness (QED) is 0.883. The molecule has 1 aliphatic heterocycles. The van der Waals surface area contributed by atoms with Crippen LogP contribution in [0.3, 0.4) is 0 Å². The van der Waals surface area contributed by atoms with Gasteiger partial charge in [-0.05, 0) is 36.6 Å². The van der Waals surface area contributed by atoms with Crippen LogP contribution in [0.4, 0.5) is 4.39 Å². The number of ether oxygens (including phenoxy) is 1. The Balaban J connectivity index is 2.13. The molecule has 1 N–H and O–H groups in total. The second-order valence-corrected chi connectivity index (χ2v) is 4.94. The van der Waals surface area contributed by atoms with Gasteiger partial charge in [0.15, 0.2) is 0 Å². The number of hydrogen-bond acceptors (Lipinski definition) is 3. The van der Waals surface area contributed by atoms with Crippen LogP contribution in [0.15, 0.2) is 18.2 Å². The fourth-order valence-electron chi connectivity index (χ4n) is 1.92. The van der Waals surface area contributed by atoms with Crippen molar-refractivity contribution in [3.05, 3.63) is 29.6 Å². The minimum absolute atomic E-state index is 0.0420. The van der Waals surface area contributed by atoms with Crippen LogP contribution in [0.1, 0.15) is 24.5 Å². The number of fused-ring (bicyclic) bond motifs is 1. The number of rotatable bonds is 3. The van der Waals surface area contributed by atoms with Gasteiger partial charge in [0.25, 0.3) is 0 Å². The standard InChI is InChI=1S/C12H15FO2S/c1-16-5-4-9-7-11(14)10-6-8(13)2-3-12(10)15-9/h2-3,6,9,11,14H,4-5,7H2,1H3/t9?,11-/m0/s1. The molecule has 0 aliphatic carbocycles. The molecule has 1 aliphatic rings. The number of aliphatic hydroxyl groups excluding tert-OH is 1. The van der Waals surface area contributed by atoms with E-state index in [4.69, 9.17) is 4.74 Å². The molecule has 0 amide bonds. The van der Waals surface area contributed by atoms with Crippen LogP contribution < -0.4 is 4.74 Å². The number of thioether (sulfide) groups is 1. The van der Waals surface area contributed by atoms with E-state index in [9.17, 15) is 9.50 Å². The molecule has 16 heavy (non-hydrogen) atoms. The van der Waals surface area contributed by atoms with Crippen LogP contribution in [0.5, 0.6) is 5.75 Å². The van der Waals surface area contributed by atoms with Gasteiger partial charge in [-0.15, -0.1) is 0 Å². The maximum Gasteiger partial charge on any atom is 0.125 e. The van der Waals surface area contributed by atoms with Crippen molar-refractivity contribution in [2.75, 3.05) is 12.0 Å². The predicted molar refractivity (Wildman–Crippen MR) is 63.4 cm³/mol. The highest BCUT2D eigenvalue weighted by atomic mass is 32.2. The Morgan fingerprint density at radius 3 is 3.12 bits per heavy atom. The monoisotopic (exact) mass is 242 g/mol. The molecule has 4 heteroatoms. The zero-order chi connectivity index (χ0) is 11.5. The van der Waals surface area contributed by atoms with Gasteiger partial charge in [0, 0.05) is 12.0 Å². The van der Waals surface area contributed by atoms with Gasteiger partial charge >= 0.3 is 0 Å². The molecule has 0 saturated carbocycles. The topological polar surface area (TPSA) is 29.5 Å². The SMILES string of the molecule is CSCCC1C[C@H](O)c2cc(F)ccc2O1. The first-order valence-electron chi connectivity index (χ1n) is 5.34. The third-order valence-electron chi connectivity index (χ3n) is 2.75. The van der Waals surface area contributed by atoms with E-state index in [2.05, 4.69) is 0 Å². The average Bonchev–Trinajstić information content (AvgIpc) is 2.27. The van der Waals surface area contributed by atoms with Crippen LogP contribution in [-0.2, 0) is 0 Å². The lowest BCUT2D eigenvalue weighted by Crippen LogP contribution is -2.26. The summed E-state index contributed by atoms with van der Waals surface area (Å²) in [6, 6.07) is 4.31. The molecule has 0 fully saturated rings. The van der Waals surface area contributed by atoms with Crippen molar-refractivity contribution in [2.24, 2.45) is 0 Å². The third-order valence-corrected chi connectivity index (χ3v) is 3.40. The third kappa shape index (κ3) is 2.50. The highest BCUT2D eigenvalue weighted by Crippen LogP contribution is 2.36. The van der Waals surface area contributed by atoms with Crippen molar-refractivity contribution >= 4 is 11.8 Å². The largest absolute Gasteiger partial charge is 0.490 e. The summed E-state index contributed by atoms with van der Waals surface area (Å²) in [5.74, 6) is 1.30.